The molecule has 0 aromatic carbocycles. The quantitative estimate of drug-likeness (QED) is 0.810. The van der Waals surface area contributed by atoms with Crippen molar-refractivity contribution < 1.29 is 10.2 Å². The lowest BCUT2D eigenvalue weighted by atomic mass is 9.73. The van der Waals surface area contributed by atoms with E-state index in [1.165, 1.54) is 0 Å². The maximum absolute atomic E-state index is 10.4. The Kier molecular flexibility index (Phi) is 5.18. The van der Waals surface area contributed by atoms with Crippen LogP contribution in [-0.4, -0.2) is 57.0 Å². The number of hydrogen-bond acceptors (Lipinski definition) is 4. The van der Waals surface area contributed by atoms with Crippen molar-refractivity contribution in [1.82, 2.24) is 14.5 Å². The molecule has 5 heteroatoms. The molecule has 1 aromatic heterocycles. The third-order valence-electron chi connectivity index (χ3n) is 4.70. The van der Waals surface area contributed by atoms with Crippen LogP contribution >= 0.6 is 0 Å². The van der Waals surface area contributed by atoms with Gasteiger partial charge in [-0.15, -0.1) is 0 Å². The summed E-state index contributed by atoms with van der Waals surface area (Å²) >= 11 is 0. The van der Waals surface area contributed by atoms with Crippen LogP contribution in [0.5, 0.6) is 0 Å². The highest BCUT2D eigenvalue weighted by Gasteiger charge is 2.40. The third kappa shape index (κ3) is 3.22. The van der Waals surface area contributed by atoms with Gasteiger partial charge in [0, 0.05) is 44.4 Å². The van der Waals surface area contributed by atoms with Gasteiger partial charge in [-0.25, -0.2) is 4.98 Å². The SMILES string of the molecule is CCC[C@]1(CO)CCN(CCc2nccn2C)C[C@H]1O. The van der Waals surface area contributed by atoms with E-state index in [1.807, 2.05) is 24.0 Å². The van der Waals surface area contributed by atoms with Crippen molar-refractivity contribution in [3.63, 3.8) is 0 Å². The Labute approximate surface area is 121 Å². The van der Waals surface area contributed by atoms with Crippen LogP contribution < -0.4 is 0 Å². The first-order chi connectivity index (χ1) is 9.61. The summed E-state index contributed by atoms with van der Waals surface area (Å²) < 4.78 is 2.04. The van der Waals surface area contributed by atoms with Gasteiger partial charge in [-0.1, -0.05) is 13.3 Å². The number of aliphatic hydroxyl groups is 2. The van der Waals surface area contributed by atoms with E-state index < -0.39 is 6.10 Å². The molecule has 2 atom stereocenters. The molecule has 1 aromatic rings. The molecule has 1 aliphatic heterocycles. The summed E-state index contributed by atoms with van der Waals surface area (Å²) in [6, 6.07) is 0. The topological polar surface area (TPSA) is 61.5 Å². The van der Waals surface area contributed by atoms with Gasteiger partial charge < -0.3 is 19.7 Å². The zero-order chi connectivity index (χ0) is 14.6. The van der Waals surface area contributed by atoms with Crippen LogP contribution in [0.1, 0.15) is 32.0 Å². The van der Waals surface area contributed by atoms with Crippen molar-refractivity contribution in [3.8, 4) is 0 Å². The van der Waals surface area contributed by atoms with E-state index in [4.69, 9.17) is 0 Å². The number of β-amino-alcohol motifs (C(OH)–C–C–N with tert-alkyl or cyclic N) is 1. The second kappa shape index (κ2) is 6.70. The average Bonchev–Trinajstić information content (AvgIpc) is 2.85. The van der Waals surface area contributed by atoms with Crippen molar-refractivity contribution in [3.05, 3.63) is 18.2 Å². The van der Waals surface area contributed by atoms with E-state index in [9.17, 15) is 10.2 Å². The highest BCUT2D eigenvalue weighted by atomic mass is 16.3. The lowest BCUT2D eigenvalue weighted by Crippen LogP contribution is -2.53. The molecular weight excluding hydrogens is 254 g/mol. The molecule has 0 aliphatic carbocycles. The van der Waals surface area contributed by atoms with E-state index in [0.717, 1.165) is 44.6 Å². The molecular formula is C15H27N3O2. The zero-order valence-electron chi connectivity index (χ0n) is 12.6. The summed E-state index contributed by atoms with van der Waals surface area (Å²) in [5.41, 5.74) is -0.283. The van der Waals surface area contributed by atoms with Crippen LogP contribution in [0.3, 0.4) is 0 Å². The van der Waals surface area contributed by atoms with Crippen LogP contribution in [0.25, 0.3) is 0 Å². The van der Waals surface area contributed by atoms with Crippen LogP contribution in [0, 0.1) is 5.41 Å². The first-order valence-corrected chi connectivity index (χ1v) is 7.59. The van der Waals surface area contributed by atoms with Crippen LogP contribution in [0.2, 0.25) is 0 Å². The molecule has 0 radical (unpaired) electrons. The minimum atomic E-state index is -0.428. The Morgan fingerprint density at radius 1 is 1.50 bits per heavy atom. The minimum absolute atomic E-state index is 0.0925. The predicted octanol–water partition coefficient (Wildman–Crippen LogP) is 0.808. The monoisotopic (exact) mass is 281 g/mol. The Bertz CT molecular complexity index is 421. The molecule has 2 rings (SSSR count). The number of piperidine rings is 1. The van der Waals surface area contributed by atoms with Crippen LogP contribution in [0.15, 0.2) is 12.4 Å². The number of aryl methyl sites for hydroxylation is 1. The van der Waals surface area contributed by atoms with E-state index in [2.05, 4.69) is 16.8 Å². The number of aliphatic hydroxyl groups excluding tert-OH is 2. The standard InChI is InChI=1S/C15H27N3O2/c1-3-5-15(12-19)6-9-18(11-13(15)20)8-4-14-16-7-10-17(14)2/h7,10,13,19-20H,3-6,8-9,11-12H2,1-2H3/t13-,15-/m1/s1. The lowest BCUT2D eigenvalue weighted by molar-refractivity contribution is -0.0782. The van der Waals surface area contributed by atoms with Crippen molar-refractivity contribution in [2.24, 2.45) is 12.5 Å². The molecule has 1 saturated heterocycles. The van der Waals surface area contributed by atoms with E-state index >= 15 is 0 Å². The summed E-state index contributed by atoms with van der Waals surface area (Å²) in [7, 11) is 2.01. The van der Waals surface area contributed by atoms with Gasteiger partial charge in [-0.05, 0) is 19.4 Å². The summed E-state index contributed by atoms with van der Waals surface area (Å²) in [5, 5.41) is 20.1. The molecule has 0 spiro atoms. The number of hydrogen-bond donors (Lipinski definition) is 2. The van der Waals surface area contributed by atoms with E-state index in [1.54, 1.807) is 0 Å². The molecule has 2 heterocycles. The smallest absolute Gasteiger partial charge is 0.109 e. The van der Waals surface area contributed by atoms with Gasteiger partial charge in [0.1, 0.15) is 5.82 Å². The maximum atomic E-state index is 10.4. The van der Waals surface area contributed by atoms with Gasteiger partial charge in [0.15, 0.2) is 0 Å². The molecule has 20 heavy (non-hydrogen) atoms. The lowest BCUT2D eigenvalue weighted by Gasteiger charge is -2.44. The molecule has 1 fully saturated rings. The zero-order valence-corrected chi connectivity index (χ0v) is 12.6. The molecule has 0 bridgehead atoms. The predicted molar refractivity (Wildman–Crippen MR) is 78.4 cm³/mol. The normalized spacial score (nSPS) is 27.9. The highest BCUT2D eigenvalue weighted by molar-refractivity contribution is 4.95. The van der Waals surface area contributed by atoms with E-state index in [0.29, 0.717) is 6.54 Å². The van der Waals surface area contributed by atoms with Gasteiger partial charge in [0.05, 0.1) is 12.7 Å². The van der Waals surface area contributed by atoms with Gasteiger partial charge in [-0.2, -0.15) is 0 Å². The second-order valence-corrected chi connectivity index (χ2v) is 6.04. The Hall–Kier alpha value is -0.910. The third-order valence-corrected chi connectivity index (χ3v) is 4.70. The molecule has 0 saturated carbocycles. The first kappa shape index (κ1) is 15.5. The van der Waals surface area contributed by atoms with Gasteiger partial charge in [0.25, 0.3) is 0 Å². The first-order valence-electron chi connectivity index (χ1n) is 7.59. The highest BCUT2D eigenvalue weighted by Crippen LogP contribution is 2.35. The maximum Gasteiger partial charge on any atom is 0.109 e. The second-order valence-electron chi connectivity index (χ2n) is 6.04. The molecule has 1 aliphatic rings. The van der Waals surface area contributed by atoms with Crippen molar-refractivity contribution in [2.45, 2.75) is 38.7 Å². The minimum Gasteiger partial charge on any atom is -0.396 e. The van der Waals surface area contributed by atoms with Crippen LogP contribution in [0.4, 0.5) is 0 Å². The molecule has 0 amide bonds. The number of imidazole rings is 1. The Balaban J connectivity index is 1.87. The molecule has 2 N–H and O–H groups in total. The fraction of sp³-hybridized carbons (Fsp3) is 0.800. The summed E-state index contributed by atoms with van der Waals surface area (Å²) in [4.78, 5) is 6.61. The average molecular weight is 281 g/mol. The molecule has 5 nitrogen and oxygen atoms in total. The summed E-state index contributed by atoms with van der Waals surface area (Å²) in [5.74, 6) is 1.08. The van der Waals surface area contributed by atoms with Gasteiger partial charge >= 0.3 is 0 Å². The fourth-order valence-corrected chi connectivity index (χ4v) is 3.23. The van der Waals surface area contributed by atoms with Gasteiger partial charge in [0.2, 0.25) is 0 Å². The number of aromatic nitrogens is 2. The number of rotatable bonds is 6. The number of likely N-dealkylation sites (tertiary alicyclic amines) is 1. The summed E-state index contributed by atoms with van der Waals surface area (Å²) in [6.07, 6.45) is 7.02. The molecule has 114 valence electrons. The fourth-order valence-electron chi connectivity index (χ4n) is 3.23. The Morgan fingerprint density at radius 2 is 2.30 bits per heavy atom. The largest absolute Gasteiger partial charge is 0.396 e. The van der Waals surface area contributed by atoms with Crippen molar-refractivity contribution in [2.75, 3.05) is 26.2 Å². The number of nitrogens with zero attached hydrogens (tertiary/aromatic N) is 3. The summed E-state index contributed by atoms with van der Waals surface area (Å²) in [6.45, 7) is 4.72. The van der Waals surface area contributed by atoms with Crippen molar-refractivity contribution >= 4 is 0 Å². The van der Waals surface area contributed by atoms with Crippen molar-refractivity contribution in [1.29, 1.82) is 0 Å². The van der Waals surface area contributed by atoms with Crippen LogP contribution in [-0.2, 0) is 13.5 Å². The Morgan fingerprint density at radius 3 is 2.85 bits per heavy atom. The van der Waals surface area contributed by atoms with Gasteiger partial charge in [-0.3, -0.25) is 0 Å². The van der Waals surface area contributed by atoms with E-state index in [-0.39, 0.29) is 12.0 Å². The molecule has 0 unspecified atom stereocenters.